The normalized spacial score (nSPS) is 12.3. The first-order chi connectivity index (χ1) is 6.52. The molecule has 1 unspecified atom stereocenters. The third-order valence-corrected chi connectivity index (χ3v) is 2.00. The quantitative estimate of drug-likeness (QED) is 0.549. The molecule has 0 aromatic heterocycles. The van der Waals surface area contributed by atoms with Crippen molar-refractivity contribution in [2.24, 2.45) is 0 Å². The number of benzene rings is 1. The molecule has 1 atom stereocenters. The molecule has 0 N–H and O–H groups in total. The molecule has 1 aromatic rings. The van der Waals surface area contributed by atoms with Gasteiger partial charge < -0.3 is 0 Å². The van der Waals surface area contributed by atoms with Gasteiger partial charge in [0.25, 0.3) is 0 Å². The Morgan fingerprint density at radius 1 is 1.43 bits per heavy atom. The second-order valence-electron chi connectivity index (χ2n) is 2.94. The largest absolute Gasteiger partial charge is 0.296 e. The van der Waals surface area contributed by atoms with Crippen molar-refractivity contribution in [2.45, 2.75) is 19.3 Å². The average Bonchev–Trinajstić information content (AvgIpc) is 2.07. The second-order valence-corrected chi connectivity index (χ2v) is 3.57. The van der Waals surface area contributed by atoms with Crippen LogP contribution in [0.3, 0.4) is 0 Å². The summed E-state index contributed by atoms with van der Waals surface area (Å²) >= 11 is 5.82. The van der Waals surface area contributed by atoms with Crippen molar-refractivity contribution in [1.82, 2.24) is 0 Å². The SMILES string of the molecule is CC(=O)N(c1ccc(F)cc1)C(C)Cl. The maximum Gasteiger partial charge on any atom is 0.225 e. The van der Waals surface area contributed by atoms with Gasteiger partial charge in [-0.1, -0.05) is 11.6 Å². The van der Waals surface area contributed by atoms with E-state index in [9.17, 15) is 9.18 Å². The maximum absolute atomic E-state index is 12.6. The molecule has 0 spiro atoms. The fourth-order valence-corrected chi connectivity index (χ4v) is 1.49. The van der Waals surface area contributed by atoms with Gasteiger partial charge in [-0.25, -0.2) is 4.39 Å². The fourth-order valence-electron chi connectivity index (χ4n) is 1.24. The van der Waals surface area contributed by atoms with Crippen molar-refractivity contribution in [2.75, 3.05) is 4.90 Å². The van der Waals surface area contributed by atoms with Gasteiger partial charge in [-0.05, 0) is 31.2 Å². The lowest BCUT2D eigenvalue weighted by Gasteiger charge is -2.23. The van der Waals surface area contributed by atoms with Crippen LogP contribution in [-0.4, -0.2) is 11.4 Å². The van der Waals surface area contributed by atoms with E-state index in [1.807, 2.05) is 0 Å². The first-order valence-electron chi connectivity index (χ1n) is 4.22. The molecule has 0 fully saturated rings. The highest BCUT2D eigenvalue weighted by Gasteiger charge is 2.16. The zero-order valence-corrected chi connectivity index (χ0v) is 8.75. The zero-order chi connectivity index (χ0) is 10.7. The van der Waals surface area contributed by atoms with Gasteiger partial charge in [0.1, 0.15) is 11.3 Å². The van der Waals surface area contributed by atoms with Crippen LogP contribution in [0.1, 0.15) is 13.8 Å². The minimum atomic E-state index is -0.446. The Morgan fingerprint density at radius 3 is 2.29 bits per heavy atom. The van der Waals surface area contributed by atoms with Crippen molar-refractivity contribution < 1.29 is 9.18 Å². The summed E-state index contributed by atoms with van der Waals surface area (Å²) in [6.07, 6.45) is 0. The molecular formula is C10H11ClFNO. The van der Waals surface area contributed by atoms with E-state index in [0.29, 0.717) is 5.69 Å². The number of amides is 1. The van der Waals surface area contributed by atoms with Gasteiger partial charge in [0.2, 0.25) is 5.91 Å². The van der Waals surface area contributed by atoms with Crippen LogP contribution >= 0.6 is 11.6 Å². The summed E-state index contributed by atoms with van der Waals surface area (Å²) in [5, 5.41) is 0. The van der Waals surface area contributed by atoms with Gasteiger partial charge in [0.15, 0.2) is 0 Å². The molecule has 0 heterocycles. The number of anilines is 1. The molecule has 76 valence electrons. The molecule has 0 radical (unpaired) electrons. The number of carbonyl (C=O) groups excluding carboxylic acids is 1. The van der Waals surface area contributed by atoms with E-state index in [1.54, 1.807) is 6.92 Å². The predicted octanol–water partition coefficient (Wildman–Crippen LogP) is 2.76. The number of carbonyl (C=O) groups is 1. The predicted molar refractivity (Wildman–Crippen MR) is 54.9 cm³/mol. The van der Waals surface area contributed by atoms with Crippen LogP contribution < -0.4 is 4.90 Å². The molecular weight excluding hydrogens is 205 g/mol. The zero-order valence-electron chi connectivity index (χ0n) is 8.00. The van der Waals surface area contributed by atoms with Crippen LogP contribution in [-0.2, 0) is 4.79 Å². The van der Waals surface area contributed by atoms with Crippen LogP contribution in [0.2, 0.25) is 0 Å². The Morgan fingerprint density at radius 2 is 1.93 bits per heavy atom. The van der Waals surface area contributed by atoms with Crippen LogP contribution in [0.15, 0.2) is 24.3 Å². The number of hydrogen-bond donors (Lipinski definition) is 0. The van der Waals surface area contributed by atoms with Crippen molar-refractivity contribution >= 4 is 23.2 Å². The Labute approximate surface area is 87.3 Å². The standard InChI is InChI=1S/C10H11ClFNO/c1-7(11)13(8(2)14)10-5-3-9(12)4-6-10/h3-7H,1-2H3. The van der Waals surface area contributed by atoms with Crippen molar-refractivity contribution in [1.29, 1.82) is 0 Å². The number of nitrogens with zero attached hydrogens (tertiary/aromatic N) is 1. The highest BCUT2D eigenvalue weighted by atomic mass is 35.5. The van der Waals surface area contributed by atoms with Crippen LogP contribution in [0.5, 0.6) is 0 Å². The summed E-state index contributed by atoms with van der Waals surface area (Å²) in [7, 11) is 0. The molecule has 0 aliphatic heterocycles. The van der Waals surface area contributed by atoms with E-state index in [2.05, 4.69) is 0 Å². The molecule has 1 aromatic carbocycles. The molecule has 0 saturated carbocycles. The molecule has 1 rings (SSSR count). The van der Waals surface area contributed by atoms with Gasteiger partial charge in [0, 0.05) is 12.6 Å². The minimum Gasteiger partial charge on any atom is -0.296 e. The van der Waals surface area contributed by atoms with Crippen molar-refractivity contribution in [3.63, 3.8) is 0 Å². The van der Waals surface area contributed by atoms with E-state index in [0.717, 1.165) is 0 Å². The highest BCUT2D eigenvalue weighted by Crippen LogP contribution is 2.19. The Bertz CT molecular complexity index is 323. The van der Waals surface area contributed by atoms with Gasteiger partial charge in [-0.3, -0.25) is 9.69 Å². The number of alkyl halides is 1. The summed E-state index contributed by atoms with van der Waals surface area (Å²) in [5.74, 6) is -0.501. The summed E-state index contributed by atoms with van der Waals surface area (Å²) in [4.78, 5) is 12.6. The molecule has 0 saturated heterocycles. The van der Waals surface area contributed by atoms with Gasteiger partial charge in [0.05, 0.1) is 0 Å². The van der Waals surface area contributed by atoms with E-state index in [1.165, 1.54) is 36.1 Å². The van der Waals surface area contributed by atoms with Gasteiger partial charge >= 0.3 is 0 Å². The first kappa shape index (κ1) is 11.0. The van der Waals surface area contributed by atoms with Gasteiger partial charge in [-0.2, -0.15) is 0 Å². The summed E-state index contributed by atoms with van der Waals surface area (Å²) < 4.78 is 12.6. The molecule has 0 aliphatic rings. The van der Waals surface area contributed by atoms with E-state index >= 15 is 0 Å². The molecule has 1 amide bonds. The van der Waals surface area contributed by atoms with E-state index in [-0.39, 0.29) is 11.7 Å². The van der Waals surface area contributed by atoms with E-state index < -0.39 is 5.50 Å². The Kier molecular flexibility index (Phi) is 3.47. The summed E-state index contributed by atoms with van der Waals surface area (Å²) in [6.45, 7) is 3.11. The third kappa shape index (κ3) is 2.45. The molecule has 2 nitrogen and oxygen atoms in total. The van der Waals surface area contributed by atoms with Crippen molar-refractivity contribution in [3.8, 4) is 0 Å². The average molecular weight is 216 g/mol. The fraction of sp³-hybridized carbons (Fsp3) is 0.300. The Balaban J connectivity index is 3.00. The molecule has 4 heteroatoms. The van der Waals surface area contributed by atoms with Gasteiger partial charge in [-0.15, -0.1) is 0 Å². The maximum atomic E-state index is 12.6. The number of rotatable bonds is 2. The summed E-state index contributed by atoms with van der Waals surface area (Å²) in [6, 6.07) is 5.64. The lowest BCUT2D eigenvalue weighted by atomic mass is 10.3. The van der Waals surface area contributed by atoms with Crippen LogP contribution in [0, 0.1) is 5.82 Å². The van der Waals surface area contributed by atoms with Crippen LogP contribution in [0.25, 0.3) is 0 Å². The molecule has 0 bridgehead atoms. The molecule has 0 aliphatic carbocycles. The summed E-state index contributed by atoms with van der Waals surface area (Å²) in [5.41, 5.74) is 0.152. The van der Waals surface area contributed by atoms with Crippen molar-refractivity contribution in [3.05, 3.63) is 30.1 Å². The monoisotopic (exact) mass is 215 g/mol. The molecule has 14 heavy (non-hydrogen) atoms. The smallest absolute Gasteiger partial charge is 0.225 e. The number of hydrogen-bond acceptors (Lipinski definition) is 1. The third-order valence-electron chi connectivity index (χ3n) is 1.80. The lowest BCUT2D eigenvalue weighted by molar-refractivity contribution is -0.116. The number of halogens is 2. The highest BCUT2D eigenvalue weighted by molar-refractivity contribution is 6.23. The minimum absolute atomic E-state index is 0.167. The lowest BCUT2D eigenvalue weighted by Crippen LogP contribution is -2.33. The second kappa shape index (κ2) is 4.42. The Hall–Kier alpha value is -1.09. The van der Waals surface area contributed by atoms with Crippen LogP contribution in [0.4, 0.5) is 10.1 Å². The first-order valence-corrected chi connectivity index (χ1v) is 4.65. The topological polar surface area (TPSA) is 20.3 Å². The van der Waals surface area contributed by atoms with E-state index in [4.69, 9.17) is 11.6 Å².